The Morgan fingerprint density at radius 1 is 1.15 bits per heavy atom. The van der Waals surface area contributed by atoms with Crippen LogP contribution in [-0.4, -0.2) is 25.5 Å². The third kappa shape index (κ3) is 2.69. The number of aromatic amines is 1. The van der Waals surface area contributed by atoms with Gasteiger partial charge >= 0.3 is 0 Å². The minimum Gasteiger partial charge on any atom is -0.364 e. The molecule has 1 aliphatic carbocycles. The maximum atomic E-state index is 11.7. The SMILES string of the molecule is NC(=O)c1cnc2ccc(-c3c(-c4ccc(Cl)cc4)n[nH]c3C3CC3)cn12. The van der Waals surface area contributed by atoms with Gasteiger partial charge in [0.05, 0.1) is 6.20 Å². The van der Waals surface area contributed by atoms with Crippen molar-refractivity contribution in [3.63, 3.8) is 0 Å². The van der Waals surface area contributed by atoms with Gasteiger partial charge in [-0.1, -0.05) is 23.7 Å². The van der Waals surface area contributed by atoms with Crippen molar-refractivity contribution in [2.75, 3.05) is 0 Å². The molecule has 134 valence electrons. The fourth-order valence-corrected chi connectivity index (χ4v) is 3.57. The highest BCUT2D eigenvalue weighted by Gasteiger charge is 2.31. The molecule has 7 heteroatoms. The largest absolute Gasteiger partial charge is 0.364 e. The number of aromatic nitrogens is 4. The normalized spacial score (nSPS) is 14.0. The summed E-state index contributed by atoms with van der Waals surface area (Å²) in [5.74, 6) is -0.0187. The van der Waals surface area contributed by atoms with E-state index in [-0.39, 0.29) is 0 Å². The monoisotopic (exact) mass is 377 g/mol. The first-order chi connectivity index (χ1) is 13.1. The quantitative estimate of drug-likeness (QED) is 0.562. The topological polar surface area (TPSA) is 89.1 Å². The molecule has 1 saturated carbocycles. The first-order valence-corrected chi connectivity index (χ1v) is 9.11. The number of benzene rings is 1. The average molecular weight is 378 g/mol. The van der Waals surface area contributed by atoms with Gasteiger partial charge in [-0.05, 0) is 37.1 Å². The predicted octanol–water partition coefficient (Wildman–Crippen LogP) is 4.02. The van der Waals surface area contributed by atoms with Crippen molar-refractivity contribution in [3.8, 4) is 22.4 Å². The van der Waals surface area contributed by atoms with Crippen LogP contribution in [0.3, 0.4) is 0 Å². The number of nitrogens with two attached hydrogens (primary N) is 1. The van der Waals surface area contributed by atoms with E-state index in [0.717, 1.165) is 40.9 Å². The van der Waals surface area contributed by atoms with E-state index in [1.165, 1.54) is 6.20 Å². The fraction of sp³-hybridized carbons (Fsp3) is 0.150. The van der Waals surface area contributed by atoms with Crippen LogP contribution in [-0.2, 0) is 0 Å². The van der Waals surface area contributed by atoms with Gasteiger partial charge in [0.25, 0.3) is 5.91 Å². The molecule has 6 nitrogen and oxygen atoms in total. The van der Waals surface area contributed by atoms with Gasteiger partial charge in [-0.25, -0.2) is 4.98 Å². The number of halogens is 1. The second-order valence-corrected chi connectivity index (χ2v) is 7.23. The van der Waals surface area contributed by atoms with Crippen molar-refractivity contribution < 1.29 is 4.79 Å². The van der Waals surface area contributed by atoms with Gasteiger partial charge in [-0.15, -0.1) is 0 Å². The van der Waals surface area contributed by atoms with Gasteiger partial charge in [-0.2, -0.15) is 5.10 Å². The van der Waals surface area contributed by atoms with E-state index in [2.05, 4.69) is 15.2 Å². The molecule has 1 fully saturated rings. The number of hydrogen-bond acceptors (Lipinski definition) is 3. The van der Waals surface area contributed by atoms with Crippen molar-refractivity contribution in [2.45, 2.75) is 18.8 Å². The lowest BCUT2D eigenvalue weighted by molar-refractivity contribution is 0.0995. The molecule has 3 aromatic heterocycles. The van der Waals surface area contributed by atoms with Crippen molar-refractivity contribution in [1.29, 1.82) is 0 Å². The third-order valence-corrected chi connectivity index (χ3v) is 5.20. The highest BCUT2D eigenvalue weighted by atomic mass is 35.5. The summed E-state index contributed by atoms with van der Waals surface area (Å²) in [5, 5.41) is 8.51. The van der Waals surface area contributed by atoms with Crippen LogP contribution in [0.25, 0.3) is 28.0 Å². The number of H-pyrrole nitrogens is 1. The predicted molar refractivity (Wildman–Crippen MR) is 104 cm³/mol. The second-order valence-electron chi connectivity index (χ2n) is 6.80. The van der Waals surface area contributed by atoms with E-state index in [1.807, 2.05) is 42.6 Å². The summed E-state index contributed by atoms with van der Waals surface area (Å²) in [7, 11) is 0. The number of primary amides is 1. The van der Waals surface area contributed by atoms with Gasteiger partial charge in [-0.3, -0.25) is 14.3 Å². The number of nitrogens with one attached hydrogen (secondary N) is 1. The van der Waals surface area contributed by atoms with Gasteiger partial charge in [0.2, 0.25) is 0 Å². The molecule has 3 N–H and O–H groups in total. The van der Waals surface area contributed by atoms with Crippen molar-refractivity contribution in [2.24, 2.45) is 5.73 Å². The van der Waals surface area contributed by atoms with Gasteiger partial charge in [0.15, 0.2) is 0 Å². The Labute approximate surface area is 160 Å². The van der Waals surface area contributed by atoms with Crippen molar-refractivity contribution >= 4 is 23.2 Å². The lowest BCUT2D eigenvalue weighted by Gasteiger charge is -2.08. The van der Waals surface area contributed by atoms with Crippen LogP contribution in [0.2, 0.25) is 5.02 Å². The summed E-state index contributed by atoms with van der Waals surface area (Å²) < 4.78 is 1.73. The number of rotatable bonds is 4. The standard InChI is InChI=1S/C20H16ClN5O/c21-14-6-3-12(4-7-14)19-17(18(24-25-19)11-1-2-11)13-5-8-16-23-9-15(20(22)27)26(16)10-13/h3-11H,1-2H2,(H2,22,27)(H,24,25). The van der Waals surface area contributed by atoms with Gasteiger partial charge in [0.1, 0.15) is 17.0 Å². The molecule has 0 bridgehead atoms. The van der Waals surface area contributed by atoms with Crippen LogP contribution in [0.1, 0.15) is 34.9 Å². The van der Waals surface area contributed by atoms with E-state index >= 15 is 0 Å². The third-order valence-electron chi connectivity index (χ3n) is 4.94. The summed E-state index contributed by atoms with van der Waals surface area (Å²) in [6.07, 6.45) is 5.70. The highest BCUT2D eigenvalue weighted by Crippen LogP contribution is 2.46. The molecule has 0 radical (unpaired) electrons. The molecule has 27 heavy (non-hydrogen) atoms. The summed E-state index contributed by atoms with van der Waals surface area (Å²) in [5.41, 5.74) is 11.5. The molecule has 0 spiro atoms. The zero-order chi connectivity index (χ0) is 18.5. The fourth-order valence-electron chi connectivity index (χ4n) is 3.44. The van der Waals surface area contributed by atoms with Gasteiger partial charge in [0, 0.05) is 39.5 Å². The van der Waals surface area contributed by atoms with Crippen LogP contribution < -0.4 is 5.73 Å². The number of nitrogens with zero attached hydrogens (tertiary/aromatic N) is 3. The molecule has 1 amide bonds. The number of carbonyl (C=O) groups excluding carboxylic acids is 1. The Hall–Kier alpha value is -3.12. The first kappa shape index (κ1) is 16.1. The van der Waals surface area contributed by atoms with Gasteiger partial charge < -0.3 is 5.73 Å². The number of hydrogen-bond donors (Lipinski definition) is 2. The number of amides is 1. The molecule has 3 heterocycles. The van der Waals surface area contributed by atoms with E-state index in [0.29, 0.717) is 22.3 Å². The zero-order valence-electron chi connectivity index (χ0n) is 14.3. The minimum atomic E-state index is -0.507. The van der Waals surface area contributed by atoms with Crippen LogP contribution >= 0.6 is 11.6 Å². The average Bonchev–Trinajstić information content (AvgIpc) is 3.27. The van der Waals surface area contributed by atoms with E-state index in [4.69, 9.17) is 17.3 Å². The van der Waals surface area contributed by atoms with E-state index in [9.17, 15) is 4.79 Å². The van der Waals surface area contributed by atoms with Crippen molar-refractivity contribution in [3.05, 3.63) is 65.2 Å². The molecule has 0 aliphatic heterocycles. The maximum absolute atomic E-state index is 11.7. The smallest absolute Gasteiger partial charge is 0.267 e. The molecule has 5 rings (SSSR count). The van der Waals surface area contributed by atoms with Crippen LogP contribution in [0.15, 0.2) is 48.8 Å². The summed E-state index contributed by atoms with van der Waals surface area (Å²) in [4.78, 5) is 16.0. The minimum absolute atomic E-state index is 0.358. The van der Waals surface area contributed by atoms with Crippen LogP contribution in [0, 0.1) is 0 Å². The molecular formula is C20H16ClN5O. The molecule has 4 aromatic rings. The Balaban J connectivity index is 1.73. The van der Waals surface area contributed by atoms with E-state index < -0.39 is 5.91 Å². The Morgan fingerprint density at radius 3 is 2.59 bits per heavy atom. The number of fused-ring (bicyclic) bond motifs is 1. The highest BCUT2D eigenvalue weighted by molar-refractivity contribution is 6.30. The van der Waals surface area contributed by atoms with Crippen molar-refractivity contribution in [1.82, 2.24) is 19.6 Å². The summed E-state index contributed by atoms with van der Waals surface area (Å²) in [6.45, 7) is 0. The Bertz CT molecular complexity index is 1170. The number of imidazole rings is 1. The zero-order valence-corrected chi connectivity index (χ0v) is 15.1. The second kappa shape index (κ2) is 5.96. The molecule has 1 aliphatic rings. The Morgan fingerprint density at radius 2 is 1.89 bits per heavy atom. The molecule has 1 aromatic carbocycles. The molecule has 0 saturated heterocycles. The Kier molecular flexibility index (Phi) is 3.55. The summed E-state index contributed by atoms with van der Waals surface area (Å²) >= 11 is 6.04. The maximum Gasteiger partial charge on any atom is 0.267 e. The molecule has 0 atom stereocenters. The van der Waals surface area contributed by atoms with E-state index in [1.54, 1.807) is 4.40 Å². The molecule has 0 unspecified atom stereocenters. The number of pyridine rings is 1. The lowest BCUT2D eigenvalue weighted by Crippen LogP contribution is -2.13. The first-order valence-electron chi connectivity index (χ1n) is 8.73. The lowest BCUT2D eigenvalue weighted by atomic mass is 9.98. The number of carbonyl (C=O) groups is 1. The molecular weight excluding hydrogens is 362 g/mol. The summed E-state index contributed by atoms with van der Waals surface area (Å²) in [6, 6.07) is 11.5. The van der Waals surface area contributed by atoms with Crippen LogP contribution in [0.5, 0.6) is 0 Å². The van der Waals surface area contributed by atoms with Crippen LogP contribution in [0.4, 0.5) is 0 Å².